The van der Waals surface area contributed by atoms with E-state index in [1.807, 2.05) is 18.2 Å². The van der Waals surface area contributed by atoms with Gasteiger partial charge in [-0.1, -0.05) is 18.9 Å². The standard InChI is InChI=1S/C21H22N6O4S/c1-26-21(23-24-25-26)32-19-10-8-15(27(29)30)12-16(19)20(28)22-17-9-7-14(11-18(17)31-2)13-5-3-4-6-13/h7-13H,3-6H2,1-2H3,(H,22,28). The summed E-state index contributed by atoms with van der Waals surface area (Å²) in [6.07, 6.45) is 4.75. The second kappa shape index (κ2) is 9.35. The Kier molecular flexibility index (Phi) is 6.35. The smallest absolute Gasteiger partial charge is 0.270 e. The van der Waals surface area contributed by atoms with Crippen LogP contribution in [0.3, 0.4) is 0 Å². The van der Waals surface area contributed by atoms with Crippen molar-refractivity contribution in [2.45, 2.75) is 41.7 Å². The molecule has 1 fully saturated rings. The van der Waals surface area contributed by atoms with Crippen LogP contribution >= 0.6 is 11.8 Å². The number of non-ortho nitro benzene ring substituents is 1. The van der Waals surface area contributed by atoms with E-state index in [0.717, 1.165) is 24.6 Å². The number of ether oxygens (including phenoxy) is 1. The quantitative estimate of drug-likeness (QED) is 0.416. The van der Waals surface area contributed by atoms with E-state index in [1.54, 1.807) is 14.2 Å². The van der Waals surface area contributed by atoms with Crippen molar-refractivity contribution in [1.82, 2.24) is 20.2 Å². The molecule has 0 radical (unpaired) electrons. The number of carbonyl (C=O) groups excluding carboxylic acids is 1. The number of nitro benzene ring substituents is 1. The summed E-state index contributed by atoms with van der Waals surface area (Å²) in [4.78, 5) is 24.4. The topological polar surface area (TPSA) is 125 Å². The van der Waals surface area contributed by atoms with Gasteiger partial charge < -0.3 is 10.1 Å². The summed E-state index contributed by atoms with van der Waals surface area (Å²) >= 11 is 1.15. The van der Waals surface area contributed by atoms with E-state index in [2.05, 4.69) is 20.8 Å². The zero-order chi connectivity index (χ0) is 22.7. The third-order valence-electron chi connectivity index (χ3n) is 5.50. The second-order valence-corrected chi connectivity index (χ2v) is 8.53. The van der Waals surface area contributed by atoms with E-state index in [4.69, 9.17) is 4.74 Å². The van der Waals surface area contributed by atoms with Crippen LogP contribution in [0.15, 0.2) is 46.5 Å². The maximum absolute atomic E-state index is 13.2. The van der Waals surface area contributed by atoms with Gasteiger partial charge in [0.15, 0.2) is 0 Å². The molecule has 1 aliphatic carbocycles. The molecular weight excluding hydrogens is 432 g/mol. The highest BCUT2D eigenvalue weighted by Gasteiger charge is 2.22. The predicted molar refractivity (Wildman–Crippen MR) is 118 cm³/mol. The molecule has 0 aliphatic heterocycles. The lowest BCUT2D eigenvalue weighted by Gasteiger charge is -2.16. The third kappa shape index (κ3) is 4.57. The van der Waals surface area contributed by atoms with Gasteiger partial charge in [0.1, 0.15) is 5.75 Å². The Morgan fingerprint density at radius 3 is 2.69 bits per heavy atom. The minimum Gasteiger partial charge on any atom is -0.495 e. The molecule has 10 nitrogen and oxygen atoms in total. The van der Waals surface area contributed by atoms with Gasteiger partial charge in [0.2, 0.25) is 5.16 Å². The fraction of sp³-hybridized carbons (Fsp3) is 0.333. The number of rotatable bonds is 7. The highest BCUT2D eigenvalue weighted by Crippen LogP contribution is 2.38. The minimum atomic E-state index is -0.536. The molecule has 3 aromatic rings. The molecular formula is C21H22N6O4S. The largest absolute Gasteiger partial charge is 0.495 e. The first-order chi connectivity index (χ1) is 15.5. The van der Waals surface area contributed by atoms with Gasteiger partial charge in [-0.25, -0.2) is 4.68 Å². The maximum atomic E-state index is 13.2. The van der Waals surface area contributed by atoms with Crippen LogP contribution in [0.2, 0.25) is 0 Å². The van der Waals surface area contributed by atoms with Gasteiger partial charge in [-0.05, 0) is 64.7 Å². The number of hydrogen-bond donors (Lipinski definition) is 1. The van der Waals surface area contributed by atoms with Gasteiger partial charge in [0.25, 0.3) is 11.6 Å². The number of carbonyl (C=O) groups is 1. The van der Waals surface area contributed by atoms with E-state index in [0.29, 0.717) is 27.4 Å². The van der Waals surface area contributed by atoms with E-state index in [-0.39, 0.29) is 11.3 Å². The third-order valence-corrected chi connectivity index (χ3v) is 6.61. The van der Waals surface area contributed by atoms with Crippen LogP contribution in [0.1, 0.15) is 47.5 Å². The average Bonchev–Trinajstić information content (AvgIpc) is 3.46. The number of aryl methyl sites for hydroxylation is 1. The molecule has 0 saturated heterocycles. The van der Waals surface area contributed by atoms with E-state index >= 15 is 0 Å². The number of nitrogens with one attached hydrogen (secondary N) is 1. The number of anilines is 1. The lowest BCUT2D eigenvalue weighted by Crippen LogP contribution is -2.14. The van der Waals surface area contributed by atoms with Crippen molar-refractivity contribution in [1.29, 1.82) is 0 Å². The van der Waals surface area contributed by atoms with E-state index in [1.165, 1.54) is 41.3 Å². The first-order valence-electron chi connectivity index (χ1n) is 10.1. The molecule has 4 rings (SSSR count). The van der Waals surface area contributed by atoms with Crippen LogP contribution in [0, 0.1) is 10.1 Å². The van der Waals surface area contributed by atoms with Crippen molar-refractivity contribution in [3.63, 3.8) is 0 Å². The molecule has 1 saturated carbocycles. The average molecular weight is 455 g/mol. The van der Waals surface area contributed by atoms with Gasteiger partial charge >= 0.3 is 0 Å². The maximum Gasteiger partial charge on any atom is 0.270 e. The number of tetrazole rings is 1. The van der Waals surface area contributed by atoms with Crippen LogP contribution in [0.5, 0.6) is 5.75 Å². The van der Waals surface area contributed by atoms with Crippen molar-refractivity contribution in [3.8, 4) is 5.75 Å². The van der Waals surface area contributed by atoms with Crippen molar-refractivity contribution in [3.05, 3.63) is 57.6 Å². The second-order valence-electron chi connectivity index (χ2n) is 7.52. The van der Waals surface area contributed by atoms with Crippen molar-refractivity contribution >= 4 is 29.0 Å². The Labute approximate surface area is 188 Å². The summed E-state index contributed by atoms with van der Waals surface area (Å²) in [5.74, 6) is 0.576. The summed E-state index contributed by atoms with van der Waals surface area (Å²) in [6.45, 7) is 0. The summed E-state index contributed by atoms with van der Waals surface area (Å²) in [5, 5.41) is 25.8. The number of methoxy groups -OCH3 is 1. The zero-order valence-electron chi connectivity index (χ0n) is 17.6. The first-order valence-corrected chi connectivity index (χ1v) is 11.0. The Balaban J connectivity index is 1.64. The summed E-state index contributed by atoms with van der Waals surface area (Å²) in [6, 6.07) is 9.90. The summed E-state index contributed by atoms with van der Waals surface area (Å²) < 4.78 is 6.97. The molecule has 32 heavy (non-hydrogen) atoms. The van der Waals surface area contributed by atoms with E-state index < -0.39 is 10.8 Å². The molecule has 0 unspecified atom stereocenters. The number of nitro groups is 1. The fourth-order valence-corrected chi connectivity index (χ4v) is 4.66. The van der Waals surface area contributed by atoms with Crippen LogP contribution < -0.4 is 10.1 Å². The molecule has 2 aromatic carbocycles. The molecule has 0 atom stereocenters. The molecule has 1 heterocycles. The fourth-order valence-electron chi connectivity index (χ4n) is 3.82. The Hall–Kier alpha value is -3.47. The Morgan fingerprint density at radius 1 is 1.25 bits per heavy atom. The molecule has 0 bridgehead atoms. The number of hydrogen-bond acceptors (Lipinski definition) is 8. The molecule has 1 aliphatic rings. The van der Waals surface area contributed by atoms with Gasteiger partial charge in [0, 0.05) is 24.1 Å². The van der Waals surface area contributed by atoms with Gasteiger partial charge in [-0.15, -0.1) is 5.10 Å². The Morgan fingerprint density at radius 2 is 2.03 bits per heavy atom. The molecule has 11 heteroatoms. The SMILES string of the molecule is COc1cc(C2CCCC2)ccc1NC(=O)c1cc([N+](=O)[O-])ccc1Sc1nnnn1C. The number of benzene rings is 2. The van der Waals surface area contributed by atoms with Crippen molar-refractivity contribution in [2.24, 2.45) is 7.05 Å². The van der Waals surface area contributed by atoms with Gasteiger partial charge in [0.05, 0.1) is 23.3 Å². The summed E-state index contributed by atoms with van der Waals surface area (Å²) in [5.41, 5.74) is 1.66. The highest BCUT2D eigenvalue weighted by atomic mass is 32.2. The zero-order valence-corrected chi connectivity index (χ0v) is 18.5. The van der Waals surface area contributed by atoms with Crippen LogP contribution in [0.4, 0.5) is 11.4 Å². The molecule has 0 spiro atoms. The summed E-state index contributed by atoms with van der Waals surface area (Å²) in [7, 11) is 3.23. The number of aromatic nitrogens is 4. The first kappa shape index (κ1) is 21.8. The lowest BCUT2D eigenvalue weighted by molar-refractivity contribution is -0.384. The molecule has 1 amide bonds. The van der Waals surface area contributed by atoms with Gasteiger partial charge in [-0.2, -0.15) is 0 Å². The number of nitrogens with zero attached hydrogens (tertiary/aromatic N) is 5. The van der Waals surface area contributed by atoms with Crippen LogP contribution in [-0.4, -0.2) is 38.1 Å². The number of amides is 1. The monoisotopic (exact) mass is 454 g/mol. The molecule has 1 aromatic heterocycles. The molecule has 1 N–H and O–H groups in total. The Bertz CT molecular complexity index is 1160. The molecule has 166 valence electrons. The highest BCUT2D eigenvalue weighted by molar-refractivity contribution is 7.99. The van der Waals surface area contributed by atoms with E-state index in [9.17, 15) is 14.9 Å². The normalized spacial score (nSPS) is 13.8. The van der Waals surface area contributed by atoms with Gasteiger partial charge in [-0.3, -0.25) is 14.9 Å². The lowest BCUT2D eigenvalue weighted by atomic mass is 9.97. The van der Waals surface area contributed by atoms with Crippen molar-refractivity contribution < 1.29 is 14.5 Å². The van der Waals surface area contributed by atoms with Crippen molar-refractivity contribution in [2.75, 3.05) is 12.4 Å². The minimum absolute atomic E-state index is 0.147. The van der Waals surface area contributed by atoms with Crippen LogP contribution in [-0.2, 0) is 7.05 Å². The van der Waals surface area contributed by atoms with Crippen LogP contribution in [0.25, 0.3) is 0 Å². The predicted octanol–water partition coefficient (Wildman–Crippen LogP) is 4.19.